The average Bonchev–Trinajstić information content (AvgIpc) is 2.58. The summed E-state index contributed by atoms with van der Waals surface area (Å²) in [7, 11) is 1.68. The summed E-state index contributed by atoms with van der Waals surface area (Å²) >= 11 is 0. The van der Waals surface area contributed by atoms with E-state index in [4.69, 9.17) is 4.74 Å². The van der Waals surface area contributed by atoms with E-state index in [0.717, 1.165) is 5.75 Å². The molecule has 0 N–H and O–H groups in total. The largest absolute Gasteiger partial charge is 0.497 e. The summed E-state index contributed by atoms with van der Waals surface area (Å²) in [4.78, 5) is 0. The molecule has 0 aliphatic heterocycles. The van der Waals surface area contributed by atoms with Gasteiger partial charge in [-0.1, -0.05) is 74.0 Å². The molecule has 0 aliphatic rings. The van der Waals surface area contributed by atoms with Gasteiger partial charge in [0.15, 0.2) is 0 Å². The summed E-state index contributed by atoms with van der Waals surface area (Å²) in [6, 6.07) is 16.9. The van der Waals surface area contributed by atoms with E-state index in [9.17, 15) is 0 Å². The zero-order valence-corrected chi connectivity index (χ0v) is 13.5. The highest BCUT2D eigenvalue weighted by Crippen LogP contribution is 2.13. The lowest BCUT2D eigenvalue weighted by Gasteiger charge is -2.00. The molecular formula is C21H24O. The lowest BCUT2D eigenvalue weighted by Crippen LogP contribution is -1.83. The molecule has 0 saturated heterocycles. The van der Waals surface area contributed by atoms with E-state index in [1.807, 2.05) is 24.3 Å². The highest BCUT2D eigenvalue weighted by Gasteiger charge is 1.92. The highest BCUT2D eigenvalue weighted by atomic mass is 16.5. The molecule has 2 rings (SSSR count). The lowest BCUT2D eigenvalue weighted by atomic mass is 10.1. The third-order valence-corrected chi connectivity index (χ3v) is 3.60. The van der Waals surface area contributed by atoms with Gasteiger partial charge in [0, 0.05) is 0 Å². The minimum Gasteiger partial charge on any atom is -0.497 e. The van der Waals surface area contributed by atoms with Crippen LogP contribution in [0.2, 0.25) is 0 Å². The molecule has 2 aromatic rings. The van der Waals surface area contributed by atoms with Crippen LogP contribution in [0.4, 0.5) is 0 Å². The molecule has 0 bridgehead atoms. The highest BCUT2D eigenvalue weighted by molar-refractivity contribution is 5.57. The van der Waals surface area contributed by atoms with E-state index in [-0.39, 0.29) is 0 Å². The SMILES string of the molecule is CCCCc1ccc(/C=C/C=C/c2ccc(OC)cc2)cc1. The standard InChI is InChI=1S/C21H24O/c1-3-4-7-18-10-12-19(13-11-18)8-5-6-9-20-14-16-21(22-2)17-15-20/h5-6,8-17H,3-4,7H2,1-2H3/b8-5+,9-6+. The molecule has 114 valence electrons. The summed E-state index contributed by atoms with van der Waals surface area (Å²) in [6.45, 7) is 2.23. The Morgan fingerprint density at radius 3 is 1.86 bits per heavy atom. The fraction of sp³-hybridized carbons (Fsp3) is 0.238. The number of ether oxygens (including phenoxy) is 1. The molecule has 0 fully saturated rings. The van der Waals surface area contributed by atoms with E-state index in [1.165, 1.54) is 36.0 Å². The van der Waals surface area contributed by atoms with Crippen LogP contribution in [-0.2, 0) is 6.42 Å². The number of methoxy groups -OCH3 is 1. The first-order chi connectivity index (χ1) is 10.8. The number of rotatable bonds is 7. The second-order valence-electron chi connectivity index (χ2n) is 5.34. The van der Waals surface area contributed by atoms with E-state index >= 15 is 0 Å². The van der Waals surface area contributed by atoms with Crippen molar-refractivity contribution in [3.05, 3.63) is 77.4 Å². The zero-order chi connectivity index (χ0) is 15.6. The van der Waals surface area contributed by atoms with E-state index < -0.39 is 0 Å². The quantitative estimate of drug-likeness (QED) is 0.589. The Morgan fingerprint density at radius 2 is 1.36 bits per heavy atom. The normalized spacial score (nSPS) is 11.4. The van der Waals surface area contributed by atoms with Crippen LogP contribution in [0.25, 0.3) is 12.2 Å². The summed E-state index contributed by atoms with van der Waals surface area (Å²) in [5, 5.41) is 0. The van der Waals surface area contributed by atoms with Crippen molar-refractivity contribution in [2.75, 3.05) is 7.11 Å². The first-order valence-corrected chi connectivity index (χ1v) is 7.89. The Labute approximate surface area is 134 Å². The molecule has 0 radical (unpaired) electrons. The Balaban J connectivity index is 1.89. The van der Waals surface area contributed by atoms with Crippen molar-refractivity contribution in [2.45, 2.75) is 26.2 Å². The Morgan fingerprint density at radius 1 is 0.818 bits per heavy atom. The van der Waals surface area contributed by atoms with Crippen molar-refractivity contribution >= 4 is 12.2 Å². The van der Waals surface area contributed by atoms with Crippen molar-refractivity contribution in [2.24, 2.45) is 0 Å². The van der Waals surface area contributed by atoms with Crippen LogP contribution in [0.5, 0.6) is 5.75 Å². The van der Waals surface area contributed by atoms with Gasteiger partial charge in [0.05, 0.1) is 7.11 Å². The van der Waals surface area contributed by atoms with Gasteiger partial charge >= 0.3 is 0 Å². The molecule has 1 heteroatoms. The van der Waals surface area contributed by atoms with E-state index in [1.54, 1.807) is 7.11 Å². The van der Waals surface area contributed by atoms with Crippen molar-refractivity contribution in [3.8, 4) is 5.75 Å². The fourth-order valence-electron chi connectivity index (χ4n) is 2.22. The van der Waals surface area contributed by atoms with E-state index in [0.29, 0.717) is 0 Å². The molecule has 0 amide bonds. The van der Waals surface area contributed by atoms with E-state index in [2.05, 4.69) is 55.5 Å². The molecule has 0 aromatic heterocycles. The van der Waals surface area contributed by atoms with Gasteiger partial charge in [0.2, 0.25) is 0 Å². The maximum atomic E-state index is 5.15. The molecule has 2 aromatic carbocycles. The molecule has 0 unspecified atom stereocenters. The average molecular weight is 292 g/mol. The second-order valence-corrected chi connectivity index (χ2v) is 5.34. The second kappa shape index (κ2) is 8.89. The number of aryl methyl sites for hydroxylation is 1. The minimum absolute atomic E-state index is 0.885. The van der Waals surface area contributed by atoms with Gasteiger partial charge in [-0.25, -0.2) is 0 Å². The number of hydrogen-bond acceptors (Lipinski definition) is 1. The van der Waals surface area contributed by atoms with Crippen LogP contribution >= 0.6 is 0 Å². The van der Waals surface area contributed by atoms with Crippen molar-refractivity contribution < 1.29 is 4.74 Å². The summed E-state index contributed by atoms with van der Waals surface area (Å²) in [5.74, 6) is 0.885. The first kappa shape index (κ1) is 16.1. The molecule has 22 heavy (non-hydrogen) atoms. The number of hydrogen-bond donors (Lipinski definition) is 0. The predicted molar refractivity (Wildman–Crippen MR) is 96.1 cm³/mol. The smallest absolute Gasteiger partial charge is 0.118 e. The topological polar surface area (TPSA) is 9.23 Å². The van der Waals surface area contributed by atoms with Crippen molar-refractivity contribution in [3.63, 3.8) is 0 Å². The molecule has 0 aliphatic carbocycles. The van der Waals surface area contributed by atoms with Crippen molar-refractivity contribution in [1.82, 2.24) is 0 Å². The number of allylic oxidation sites excluding steroid dienone is 2. The first-order valence-electron chi connectivity index (χ1n) is 7.89. The monoisotopic (exact) mass is 292 g/mol. The van der Waals surface area contributed by atoms with Crippen LogP contribution in [0.15, 0.2) is 60.7 Å². The van der Waals surface area contributed by atoms with Crippen LogP contribution in [0, 0.1) is 0 Å². The Bertz CT molecular complexity index is 603. The predicted octanol–water partition coefficient (Wildman–Crippen LogP) is 5.76. The third-order valence-electron chi connectivity index (χ3n) is 3.60. The van der Waals surface area contributed by atoms with Gasteiger partial charge in [0.25, 0.3) is 0 Å². The molecular weight excluding hydrogens is 268 g/mol. The Hall–Kier alpha value is -2.28. The van der Waals surface area contributed by atoms with Crippen molar-refractivity contribution in [1.29, 1.82) is 0 Å². The molecule has 1 nitrogen and oxygen atoms in total. The van der Waals surface area contributed by atoms with Crippen LogP contribution in [0.1, 0.15) is 36.5 Å². The maximum Gasteiger partial charge on any atom is 0.118 e. The molecule has 0 atom stereocenters. The Kier molecular flexibility index (Phi) is 6.50. The molecule has 0 saturated carbocycles. The third kappa shape index (κ3) is 5.25. The maximum absolute atomic E-state index is 5.15. The molecule has 0 heterocycles. The summed E-state index contributed by atoms with van der Waals surface area (Å²) < 4.78 is 5.15. The summed E-state index contributed by atoms with van der Waals surface area (Å²) in [5.41, 5.74) is 3.83. The van der Waals surface area contributed by atoms with Crippen LogP contribution < -0.4 is 4.74 Å². The number of benzene rings is 2. The summed E-state index contributed by atoms with van der Waals surface area (Å²) in [6.07, 6.45) is 12.0. The zero-order valence-electron chi connectivity index (χ0n) is 13.5. The molecule has 0 spiro atoms. The van der Waals surface area contributed by atoms with Crippen LogP contribution in [0.3, 0.4) is 0 Å². The minimum atomic E-state index is 0.885. The fourth-order valence-corrected chi connectivity index (χ4v) is 2.22. The van der Waals surface area contributed by atoms with Crippen LogP contribution in [-0.4, -0.2) is 7.11 Å². The lowest BCUT2D eigenvalue weighted by molar-refractivity contribution is 0.415. The van der Waals surface area contributed by atoms with Gasteiger partial charge in [-0.05, 0) is 41.7 Å². The number of unbranched alkanes of at least 4 members (excludes halogenated alkanes) is 1. The van der Waals surface area contributed by atoms with Gasteiger partial charge < -0.3 is 4.74 Å². The van der Waals surface area contributed by atoms with Gasteiger partial charge in [-0.2, -0.15) is 0 Å². The van der Waals surface area contributed by atoms with Gasteiger partial charge in [-0.3, -0.25) is 0 Å². The van der Waals surface area contributed by atoms with Gasteiger partial charge in [-0.15, -0.1) is 0 Å². The van der Waals surface area contributed by atoms with Gasteiger partial charge in [0.1, 0.15) is 5.75 Å².